The maximum atomic E-state index is 11.5. The molecule has 0 fully saturated rings. The van der Waals surface area contributed by atoms with Crippen LogP contribution >= 0.6 is 0 Å². The predicted molar refractivity (Wildman–Crippen MR) is 56.1 cm³/mol. The largest absolute Gasteiger partial charge is 0.214 e. The smallest absolute Gasteiger partial charge is 0.212 e. The Labute approximate surface area is 86.6 Å². The van der Waals surface area contributed by atoms with Gasteiger partial charge < -0.3 is 0 Å². The van der Waals surface area contributed by atoms with Crippen LogP contribution < -0.4 is 0 Å². The van der Waals surface area contributed by atoms with Crippen LogP contribution in [0.4, 0.5) is 0 Å². The molecule has 0 spiro atoms. The van der Waals surface area contributed by atoms with Crippen molar-refractivity contribution < 1.29 is 8.42 Å². The van der Waals surface area contributed by atoms with E-state index in [-0.39, 0.29) is 17.7 Å². The van der Waals surface area contributed by atoms with Gasteiger partial charge in [0.15, 0.2) is 0 Å². The zero-order chi connectivity index (χ0) is 11.4. The van der Waals surface area contributed by atoms with E-state index >= 15 is 0 Å². The Morgan fingerprint density at radius 2 is 1.86 bits per heavy atom. The Hall–Kier alpha value is -0.600. The van der Waals surface area contributed by atoms with Gasteiger partial charge >= 0.3 is 0 Å². The van der Waals surface area contributed by atoms with Crippen LogP contribution in [0.2, 0.25) is 0 Å². The van der Waals surface area contributed by atoms with Crippen molar-refractivity contribution >= 4 is 10.0 Å². The van der Waals surface area contributed by atoms with Gasteiger partial charge in [0, 0.05) is 7.05 Å². The fourth-order valence-corrected chi connectivity index (χ4v) is 2.23. The van der Waals surface area contributed by atoms with E-state index < -0.39 is 10.0 Å². The highest BCUT2D eigenvalue weighted by Gasteiger charge is 2.21. The molecular formula is C9H18N2O2S. The third kappa shape index (κ3) is 5.20. The summed E-state index contributed by atoms with van der Waals surface area (Å²) in [5, 5.41) is 8.37. The summed E-state index contributed by atoms with van der Waals surface area (Å²) >= 11 is 0. The topological polar surface area (TPSA) is 61.2 Å². The van der Waals surface area contributed by atoms with Crippen molar-refractivity contribution in [3.8, 4) is 6.07 Å². The summed E-state index contributed by atoms with van der Waals surface area (Å²) in [6, 6.07) is 1.82. The van der Waals surface area contributed by atoms with Gasteiger partial charge in [0.05, 0.1) is 11.8 Å². The van der Waals surface area contributed by atoms with Gasteiger partial charge in [-0.1, -0.05) is 20.8 Å². The fraction of sp³-hybridized carbons (Fsp3) is 0.889. The van der Waals surface area contributed by atoms with E-state index in [0.717, 1.165) is 4.31 Å². The summed E-state index contributed by atoms with van der Waals surface area (Å²) in [6.07, 6.45) is 0.602. The minimum Gasteiger partial charge on any atom is -0.212 e. The second-order valence-electron chi connectivity index (χ2n) is 4.54. The maximum absolute atomic E-state index is 11.5. The molecule has 0 aromatic rings. The first-order chi connectivity index (χ1) is 6.19. The molecule has 0 N–H and O–H groups in total. The summed E-state index contributed by atoms with van der Waals surface area (Å²) < 4.78 is 24.2. The lowest BCUT2D eigenvalue weighted by Crippen LogP contribution is -2.31. The summed E-state index contributed by atoms with van der Waals surface area (Å²) in [5.74, 6) is 0.106. The maximum Gasteiger partial charge on any atom is 0.214 e. The molecule has 0 radical (unpaired) electrons. The zero-order valence-electron chi connectivity index (χ0n) is 9.24. The molecule has 82 valence electrons. The first kappa shape index (κ1) is 13.4. The molecule has 0 aliphatic heterocycles. The predicted octanol–water partition coefficient (Wildman–Crippen LogP) is 1.21. The highest BCUT2D eigenvalue weighted by Crippen LogP contribution is 2.19. The summed E-state index contributed by atoms with van der Waals surface area (Å²) in [7, 11) is -1.81. The van der Waals surface area contributed by atoms with Gasteiger partial charge in [-0.15, -0.1) is 0 Å². The Morgan fingerprint density at radius 1 is 1.36 bits per heavy atom. The lowest BCUT2D eigenvalue weighted by molar-refractivity contribution is 0.391. The molecule has 0 rings (SSSR count). The molecule has 0 saturated carbocycles. The van der Waals surface area contributed by atoms with Crippen molar-refractivity contribution in [1.82, 2.24) is 4.31 Å². The first-order valence-electron chi connectivity index (χ1n) is 4.50. The summed E-state index contributed by atoms with van der Waals surface area (Å²) in [4.78, 5) is 0. The minimum absolute atomic E-state index is 0.000549. The molecular weight excluding hydrogens is 200 g/mol. The Kier molecular flexibility index (Phi) is 4.56. The van der Waals surface area contributed by atoms with Crippen molar-refractivity contribution in [2.75, 3.05) is 19.3 Å². The number of rotatable bonds is 4. The monoisotopic (exact) mass is 218 g/mol. The van der Waals surface area contributed by atoms with Crippen LogP contribution in [0.3, 0.4) is 0 Å². The van der Waals surface area contributed by atoms with Gasteiger partial charge in [-0.25, -0.2) is 8.42 Å². The molecule has 0 heterocycles. The molecule has 5 heteroatoms. The number of nitriles is 1. The van der Waals surface area contributed by atoms with Crippen LogP contribution in [0.25, 0.3) is 0 Å². The molecule has 0 aliphatic rings. The lowest BCUT2D eigenvalue weighted by Gasteiger charge is -2.20. The van der Waals surface area contributed by atoms with E-state index in [9.17, 15) is 8.42 Å². The van der Waals surface area contributed by atoms with Crippen molar-refractivity contribution in [2.24, 2.45) is 5.41 Å². The van der Waals surface area contributed by atoms with Gasteiger partial charge in [-0.2, -0.15) is 9.57 Å². The Balaban J connectivity index is 4.31. The van der Waals surface area contributed by atoms with Gasteiger partial charge in [0.25, 0.3) is 0 Å². The average molecular weight is 218 g/mol. The molecule has 0 aromatic carbocycles. The van der Waals surface area contributed by atoms with Crippen molar-refractivity contribution in [2.45, 2.75) is 27.2 Å². The first-order valence-corrected chi connectivity index (χ1v) is 6.11. The van der Waals surface area contributed by atoms with Gasteiger partial charge in [-0.05, 0) is 11.8 Å². The standard InChI is InChI=1S/C9H18N2O2S/c1-9(2,3)5-8-14(12,13)11(4)7-6-10/h5,7-8H2,1-4H3. The zero-order valence-corrected chi connectivity index (χ0v) is 10.1. The molecule has 14 heavy (non-hydrogen) atoms. The molecule has 0 atom stereocenters. The van der Waals surface area contributed by atoms with Crippen molar-refractivity contribution in [3.63, 3.8) is 0 Å². The second kappa shape index (κ2) is 4.76. The fourth-order valence-electron chi connectivity index (χ4n) is 0.789. The van der Waals surface area contributed by atoms with Crippen LogP contribution in [-0.4, -0.2) is 32.1 Å². The van der Waals surface area contributed by atoms with Gasteiger partial charge in [0.2, 0.25) is 10.0 Å². The summed E-state index contributed by atoms with van der Waals surface area (Å²) in [6.45, 7) is 5.90. The van der Waals surface area contributed by atoms with E-state index in [1.807, 2.05) is 26.8 Å². The number of hydrogen-bond donors (Lipinski definition) is 0. The SMILES string of the molecule is CN(CC#N)S(=O)(=O)CCC(C)(C)C. The van der Waals surface area contributed by atoms with Crippen LogP contribution in [0.1, 0.15) is 27.2 Å². The van der Waals surface area contributed by atoms with Gasteiger partial charge in [-0.3, -0.25) is 0 Å². The molecule has 0 aromatic heterocycles. The highest BCUT2D eigenvalue weighted by atomic mass is 32.2. The van der Waals surface area contributed by atoms with E-state index in [1.165, 1.54) is 7.05 Å². The number of nitrogens with zero attached hydrogens (tertiary/aromatic N) is 2. The van der Waals surface area contributed by atoms with Crippen LogP contribution in [0, 0.1) is 16.7 Å². The van der Waals surface area contributed by atoms with Gasteiger partial charge in [0.1, 0.15) is 6.54 Å². The molecule has 0 bridgehead atoms. The van der Waals surface area contributed by atoms with E-state index in [0.29, 0.717) is 6.42 Å². The molecule has 0 unspecified atom stereocenters. The number of hydrogen-bond acceptors (Lipinski definition) is 3. The second-order valence-corrected chi connectivity index (χ2v) is 6.74. The lowest BCUT2D eigenvalue weighted by atomic mass is 9.94. The molecule has 0 amide bonds. The molecule has 0 saturated heterocycles. The number of sulfonamides is 1. The van der Waals surface area contributed by atoms with Crippen LogP contribution in [0.5, 0.6) is 0 Å². The van der Waals surface area contributed by atoms with Crippen LogP contribution in [-0.2, 0) is 10.0 Å². The highest BCUT2D eigenvalue weighted by molar-refractivity contribution is 7.89. The Morgan fingerprint density at radius 3 is 2.21 bits per heavy atom. The third-order valence-corrected chi connectivity index (χ3v) is 3.68. The van der Waals surface area contributed by atoms with Crippen molar-refractivity contribution in [1.29, 1.82) is 5.26 Å². The third-order valence-electron chi connectivity index (χ3n) is 1.88. The summed E-state index contributed by atoms with van der Waals surface area (Å²) in [5.41, 5.74) is 0.000549. The van der Waals surface area contributed by atoms with E-state index in [4.69, 9.17) is 5.26 Å². The molecule has 0 aliphatic carbocycles. The van der Waals surface area contributed by atoms with E-state index in [2.05, 4.69) is 0 Å². The molecule has 4 nitrogen and oxygen atoms in total. The van der Waals surface area contributed by atoms with E-state index in [1.54, 1.807) is 0 Å². The van der Waals surface area contributed by atoms with Crippen LogP contribution in [0.15, 0.2) is 0 Å². The average Bonchev–Trinajstić information content (AvgIpc) is 2.00. The quantitative estimate of drug-likeness (QED) is 0.666. The normalized spacial score (nSPS) is 12.9. The minimum atomic E-state index is -3.24. The Bertz CT molecular complexity index is 309. The van der Waals surface area contributed by atoms with Crippen molar-refractivity contribution in [3.05, 3.63) is 0 Å².